The number of carbonyl (C=O) groups is 3. The first-order chi connectivity index (χ1) is 12.3. The highest BCUT2D eigenvalue weighted by atomic mass is 16.5. The third-order valence-electron chi connectivity index (χ3n) is 3.94. The molecular formula is C19H24N2O5. The van der Waals surface area contributed by atoms with E-state index in [1.807, 2.05) is 39.8 Å². The Morgan fingerprint density at radius 2 is 1.88 bits per heavy atom. The molecule has 0 aliphatic heterocycles. The molecule has 2 rings (SSSR count). The molecule has 0 aliphatic carbocycles. The molecule has 0 spiro atoms. The SMILES string of the molecule is Cc1ccc2c(CC(=O)OCC(=O)NCC(=O)NC(C)C)coc2c1C. The number of ether oxygens (including phenoxy) is 1. The van der Waals surface area contributed by atoms with Gasteiger partial charge in [0.1, 0.15) is 5.58 Å². The number of hydrogen-bond acceptors (Lipinski definition) is 5. The number of nitrogens with one attached hydrogen (secondary N) is 2. The van der Waals surface area contributed by atoms with Gasteiger partial charge >= 0.3 is 5.97 Å². The molecule has 0 fully saturated rings. The molecule has 2 amide bonds. The molecule has 0 atom stereocenters. The second-order valence-corrected chi connectivity index (χ2v) is 6.48. The van der Waals surface area contributed by atoms with Crippen molar-refractivity contribution in [2.24, 2.45) is 0 Å². The predicted molar refractivity (Wildman–Crippen MR) is 96.6 cm³/mol. The average molecular weight is 360 g/mol. The Bertz CT molecular complexity index is 823. The Morgan fingerprint density at radius 3 is 2.58 bits per heavy atom. The third-order valence-corrected chi connectivity index (χ3v) is 3.94. The van der Waals surface area contributed by atoms with Gasteiger partial charge in [0.05, 0.1) is 19.2 Å². The Kier molecular flexibility index (Phi) is 6.38. The van der Waals surface area contributed by atoms with Crippen LogP contribution in [0, 0.1) is 13.8 Å². The van der Waals surface area contributed by atoms with Crippen LogP contribution in [0.25, 0.3) is 11.0 Å². The maximum Gasteiger partial charge on any atom is 0.310 e. The fraction of sp³-hybridized carbons (Fsp3) is 0.421. The molecule has 1 aromatic heterocycles. The van der Waals surface area contributed by atoms with Gasteiger partial charge in [0.2, 0.25) is 5.91 Å². The molecule has 2 aromatic rings. The zero-order valence-corrected chi connectivity index (χ0v) is 15.5. The summed E-state index contributed by atoms with van der Waals surface area (Å²) in [6.07, 6.45) is 1.55. The number of aryl methyl sites for hydroxylation is 2. The van der Waals surface area contributed by atoms with Crippen LogP contribution in [0.3, 0.4) is 0 Å². The second-order valence-electron chi connectivity index (χ2n) is 6.48. The molecule has 0 bridgehead atoms. The summed E-state index contributed by atoms with van der Waals surface area (Å²) in [5.74, 6) is -1.36. The van der Waals surface area contributed by atoms with Gasteiger partial charge in [-0.05, 0) is 38.8 Å². The molecular weight excluding hydrogens is 336 g/mol. The summed E-state index contributed by atoms with van der Waals surface area (Å²) in [6, 6.07) is 3.87. The maximum absolute atomic E-state index is 12.0. The first kappa shape index (κ1) is 19.5. The van der Waals surface area contributed by atoms with Crippen LogP contribution in [-0.4, -0.2) is 37.0 Å². The van der Waals surface area contributed by atoms with Crippen LogP contribution in [0.15, 0.2) is 22.8 Å². The molecule has 0 saturated heterocycles. The summed E-state index contributed by atoms with van der Waals surface area (Å²) in [6.45, 7) is 7.02. The van der Waals surface area contributed by atoms with E-state index in [1.165, 1.54) is 6.26 Å². The van der Waals surface area contributed by atoms with E-state index < -0.39 is 18.5 Å². The minimum atomic E-state index is -0.535. The number of furan rings is 1. The normalized spacial score (nSPS) is 10.8. The quantitative estimate of drug-likeness (QED) is 0.734. The van der Waals surface area contributed by atoms with Crippen LogP contribution in [0.1, 0.15) is 30.5 Å². The van der Waals surface area contributed by atoms with E-state index in [4.69, 9.17) is 9.15 Å². The van der Waals surface area contributed by atoms with Gasteiger partial charge in [-0.25, -0.2) is 0 Å². The van der Waals surface area contributed by atoms with Crippen LogP contribution in [0.2, 0.25) is 0 Å². The van der Waals surface area contributed by atoms with Gasteiger partial charge in [-0.1, -0.05) is 12.1 Å². The molecule has 26 heavy (non-hydrogen) atoms. The van der Waals surface area contributed by atoms with Crippen LogP contribution in [0.4, 0.5) is 0 Å². The zero-order chi connectivity index (χ0) is 19.3. The summed E-state index contributed by atoms with van der Waals surface area (Å²) in [7, 11) is 0. The van der Waals surface area contributed by atoms with E-state index >= 15 is 0 Å². The van der Waals surface area contributed by atoms with Crippen molar-refractivity contribution < 1.29 is 23.5 Å². The molecule has 7 nitrogen and oxygen atoms in total. The molecule has 140 valence electrons. The average Bonchev–Trinajstić information content (AvgIpc) is 2.97. The Labute approximate surface area is 152 Å². The van der Waals surface area contributed by atoms with Gasteiger partial charge in [0.25, 0.3) is 5.91 Å². The van der Waals surface area contributed by atoms with Crippen LogP contribution >= 0.6 is 0 Å². The van der Waals surface area contributed by atoms with Crippen LogP contribution in [-0.2, 0) is 25.5 Å². The number of hydrogen-bond donors (Lipinski definition) is 2. The van der Waals surface area contributed by atoms with Crippen LogP contribution in [0.5, 0.6) is 0 Å². The lowest BCUT2D eigenvalue weighted by Gasteiger charge is -2.09. The van der Waals surface area contributed by atoms with Crippen molar-refractivity contribution in [3.8, 4) is 0 Å². The molecule has 0 unspecified atom stereocenters. The number of carbonyl (C=O) groups excluding carboxylic acids is 3. The largest absolute Gasteiger partial charge is 0.464 e. The lowest BCUT2D eigenvalue weighted by atomic mass is 10.0. The van der Waals surface area contributed by atoms with Gasteiger partial charge in [0, 0.05) is 17.0 Å². The van der Waals surface area contributed by atoms with E-state index in [-0.39, 0.29) is 24.9 Å². The van der Waals surface area contributed by atoms with E-state index in [0.717, 1.165) is 22.1 Å². The Hall–Kier alpha value is -2.83. The van der Waals surface area contributed by atoms with E-state index in [9.17, 15) is 14.4 Å². The van der Waals surface area contributed by atoms with E-state index in [2.05, 4.69) is 10.6 Å². The predicted octanol–water partition coefficient (Wildman–Crippen LogP) is 1.78. The molecule has 7 heteroatoms. The van der Waals surface area contributed by atoms with Gasteiger partial charge in [-0.3, -0.25) is 14.4 Å². The molecule has 2 N–H and O–H groups in total. The Balaban J connectivity index is 1.83. The number of rotatable bonds is 7. The first-order valence-corrected chi connectivity index (χ1v) is 8.46. The van der Waals surface area contributed by atoms with Gasteiger partial charge in [-0.15, -0.1) is 0 Å². The molecule has 1 heterocycles. The number of amides is 2. The lowest BCUT2D eigenvalue weighted by molar-refractivity contribution is -0.147. The number of fused-ring (bicyclic) bond motifs is 1. The number of esters is 1. The molecule has 1 aromatic carbocycles. The summed E-state index contributed by atoms with van der Waals surface area (Å²) in [4.78, 5) is 35.1. The summed E-state index contributed by atoms with van der Waals surface area (Å²) in [5, 5.41) is 5.91. The highest BCUT2D eigenvalue weighted by molar-refractivity contribution is 5.89. The monoisotopic (exact) mass is 360 g/mol. The maximum atomic E-state index is 12.0. The zero-order valence-electron chi connectivity index (χ0n) is 15.5. The van der Waals surface area contributed by atoms with E-state index in [0.29, 0.717) is 5.56 Å². The van der Waals surface area contributed by atoms with Crippen molar-refractivity contribution in [3.05, 3.63) is 35.1 Å². The van der Waals surface area contributed by atoms with Crippen molar-refractivity contribution in [2.75, 3.05) is 13.2 Å². The molecule has 0 radical (unpaired) electrons. The van der Waals surface area contributed by atoms with Crippen molar-refractivity contribution in [2.45, 2.75) is 40.2 Å². The van der Waals surface area contributed by atoms with Gasteiger partial charge < -0.3 is 19.8 Å². The highest BCUT2D eigenvalue weighted by Crippen LogP contribution is 2.26. The summed E-state index contributed by atoms with van der Waals surface area (Å²) < 4.78 is 10.5. The van der Waals surface area contributed by atoms with Crippen molar-refractivity contribution >= 4 is 28.8 Å². The fourth-order valence-electron chi connectivity index (χ4n) is 2.48. The van der Waals surface area contributed by atoms with Crippen molar-refractivity contribution in [1.82, 2.24) is 10.6 Å². The van der Waals surface area contributed by atoms with Crippen LogP contribution < -0.4 is 10.6 Å². The van der Waals surface area contributed by atoms with Crippen molar-refractivity contribution in [3.63, 3.8) is 0 Å². The summed E-state index contributed by atoms with van der Waals surface area (Å²) >= 11 is 0. The highest BCUT2D eigenvalue weighted by Gasteiger charge is 2.15. The summed E-state index contributed by atoms with van der Waals surface area (Å²) in [5.41, 5.74) is 3.60. The topological polar surface area (TPSA) is 97.6 Å². The molecule has 0 saturated carbocycles. The lowest BCUT2D eigenvalue weighted by Crippen LogP contribution is -2.41. The second kappa shape index (κ2) is 8.51. The van der Waals surface area contributed by atoms with E-state index in [1.54, 1.807) is 0 Å². The standard InChI is InChI=1S/C19H24N2O5/c1-11(2)21-16(22)8-20-17(23)10-25-18(24)7-14-9-26-19-13(4)12(3)5-6-15(14)19/h5-6,9,11H,7-8,10H2,1-4H3,(H,20,23)(H,21,22). The fourth-order valence-corrected chi connectivity index (χ4v) is 2.48. The minimum Gasteiger partial charge on any atom is -0.464 e. The third kappa shape index (κ3) is 5.08. The van der Waals surface area contributed by atoms with Crippen molar-refractivity contribution in [1.29, 1.82) is 0 Å². The smallest absolute Gasteiger partial charge is 0.310 e. The number of benzene rings is 1. The Morgan fingerprint density at radius 1 is 1.15 bits per heavy atom. The first-order valence-electron chi connectivity index (χ1n) is 8.46. The minimum absolute atomic E-state index is 0.00515. The van der Waals surface area contributed by atoms with Gasteiger partial charge in [-0.2, -0.15) is 0 Å². The molecule has 0 aliphatic rings. The van der Waals surface area contributed by atoms with Gasteiger partial charge in [0.15, 0.2) is 6.61 Å².